The van der Waals surface area contributed by atoms with Gasteiger partial charge in [-0.15, -0.1) is 24.8 Å². The number of nitrogens with one attached hydrogen (secondary N) is 2. The summed E-state index contributed by atoms with van der Waals surface area (Å²) in [5.74, 6) is 0.740. The molecule has 5 rings (SSSR count). The molecular weight excluding hydrogens is 623 g/mol. The van der Waals surface area contributed by atoms with E-state index in [1.807, 2.05) is 37.3 Å². The summed E-state index contributed by atoms with van der Waals surface area (Å²) in [6.07, 6.45) is 8.85. The number of amides is 1. The monoisotopic (exact) mass is 654 g/mol. The molecule has 1 saturated heterocycles. The average molecular weight is 656 g/mol. The van der Waals surface area contributed by atoms with Crippen molar-refractivity contribution in [2.24, 2.45) is 0 Å². The van der Waals surface area contributed by atoms with Gasteiger partial charge in [0.2, 0.25) is 5.91 Å². The third-order valence-corrected chi connectivity index (χ3v) is 7.29. The molecule has 2 N–H and O–H groups in total. The number of pyridine rings is 2. The van der Waals surface area contributed by atoms with Crippen molar-refractivity contribution < 1.29 is 14.3 Å². The first kappa shape index (κ1) is 34.4. The fourth-order valence-corrected chi connectivity index (χ4v) is 5.07. The Labute approximate surface area is 274 Å². The van der Waals surface area contributed by atoms with E-state index >= 15 is 0 Å². The van der Waals surface area contributed by atoms with Gasteiger partial charge in [0.15, 0.2) is 0 Å². The van der Waals surface area contributed by atoms with E-state index < -0.39 is 0 Å². The second-order valence-electron chi connectivity index (χ2n) is 9.88. The summed E-state index contributed by atoms with van der Waals surface area (Å²) in [6.45, 7) is 3.58. The molecule has 1 aliphatic heterocycles. The predicted molar refractivity (Wildman–Crippen MR) is 179 cm³/mol. The lowest BCUT2D eigenvalue weighted by molar-refractivity contribution is -0.112. The number of hydrogen-bond donors (Lipinski definition) is 2. The standard InChI is InChI=1S/C32H31ClN6O3.2ClH/c1-3-41-30-17-27-25(16-28(30)38-31(40)12-10-24-8-6-14-39(24)2)32(21(18-34)19-36-27)37-22-9-11-29(26(33)15-22)42-20-23-7-4-5-13-35-23;;/h4-5,7,9-13,15-17,19,24H,3,6,8,14,20H2,1-2H3,(H,36,37)(H,38,40);2*1H/b12-10+;;/t24-;;/m1../s1. The van der Waals surface area contributed by atoms with Crippen molar-refractivity contribution in [1.29, 1.82) is 5.26 Å². The van der Waals surface area contributed by atoms with Gasteiger partial charge in [-0.25, -0.2) is 0 Å². The molecule has 44 heavy (non-hydrogen) atoms. The van der Waals surface area contributed by atoms with Crippen molar-refractivity contribution in [1.82, 2.24) is 14.9 Å². The lowest BCUT2D eigenvalue weighted by atomic mass is 10.1. The highest BCUT2D eigenvalue weighted by molar-refractivity contribution is 6.32. The summed E-state index contributed by atoms with van der Waals surface area (Å²) in [5.41, 5.74) is 3.38. The summed E-state index contributed by atoms with van der Waals surface area (Å²) in [4.78, 5) is 23.9. The highest BCUT2D eigenvalue weighted by atomic mass is 35.5. The molecule has 230 valence electrons. The minimum Gasteiger partial charge on any atom is -0.492 e. The molecule has 3 heterocycles. The normalized spacial score (nSPS) is 14.4. The Kier molecular flexibility index (Phi) is 12.6. The van der Waals surface area contributed by atoms with Crippen LogP contribution in [-0.2, 0) is 11.4 Å². The fraction of sp³-hybridized carbons (Fsp3) is 0.250. The van der Waals surface area contributed by atoms with Gasteiger partial charge >= 0.3 is 0 Å². The molecule has 2 aromatic carbocycles. The lowest BCUT2D eigenvalue weighted by Gasteiger charge is -2.17. The summed E-state index contributed by atoms with van der Waals surface area (Å²) >= 11 is 6.54. The average Bonchev–Trinajstić information content (AvgIpc) is 3.41. The highest BCUT2D eigenvalue weighted by Gasteiger charge is 2.19. The molecule has 1 amide bonds. The number of nitrogens with zero attached hydrogens (tertiary/aromatic N) is 4. The van der Waals surface area contributed by atoms with Gasteiger partial charge in [0, 0.05) is 41.7 Å². The van der Waals surface area contributed by atoms with E-state index in [0.29, 0.717) is 56.7 Å². The summed E-state index contributed by atoms with van der Waals surface area (Å²) in [6, 6.07) is 16.9. The lowest BCUT2D eigenvalue weighted by Crippen LogP contribution is -2.23. The van der Waals surface area contributed by atoms with Crippen LogP contribution in [0, 0.1) is 11.3 Å². The maximum Gasteiger partial charge on any atom is 0.248 e. The number of ether oxygens (including phenoxy) is 2. The highest BCUT2D eigenvalue weighted by Crippen LogP contribution is 2.37. The number of likely N-dealkylation sites (tertiary alicyclic amines) is 1. The number of rotatable bonds is 10. The molecule has 0 aliphatic carbocycles. The number of carbonyl (C=O) groups excluding carboxylic acids is 1. The Morgan fingerprint density at radius 3 is 2.68 bits per heavy atom. The van der Waals surface area contributed by atoms with Crippen LogP contribution >= 0.6 is 36.4 Å². The Hall–Kier alpha value is -4.07. The molecule has 1 aliphatic rings. The number of anilines is 3. The molecule has 4 aromatic rings. The van der Waals surface area contributed by atoms with Gasteiger partial charge < -0.3 is 20.1 Å². The number of nitriles is 1. The number of hydrogen-bond acceptors (Lipinski definition) is 8. The SMILES string of the molecule is CCOc1cc2ncc(C#N)c(Nc3ccc(OCc4ccccn4)c(Cl)c3)c2cc1NC(=O)/C=C/[C@H]1CCCN1C.Cl.Cl. The van der Waals surface area contributed by atoms with Gasteiger partial charge in [-0.3, -0.25) is 19.7 Å². The van der Waals surface area contributed by atoms with E-state index in [2.05, 4.69) is 38.6 Å². The molecule has 0 saturated carbocycles. The third kappa shape index (κ3) is 8.30. The van der Waals surface area contributed by atoms with Crippen LogP contribution in [0.1, 0.15) is 31.0 Å². The zero-order valence-electron chi connectivity index (χ0n) is 24.2. The molecule has 0 radical (unpaired) electrons. The van der Waals surface area contributed by atoms with Gasteiger partial charge in [-0.1, -0.05) is 23.7 Å². The first-order valence-electron chi connectivity index (χ1n) is 13.7. The molecule has 12 heteroatoms. The van der Waals surface area contributed by atoms with Crippen LogP contribution in [0.2, 0.25) is 5.02 Å². The van der Waals surface area contributed by atoms with Gasteiger partial charge in [-0.2, -0.15) is 5.26 Å². The molecule has 1 atom stereocenters. The summed E-state index contributed by atoms with van der Waals surface area (Å²) in [5, 5.41) is 17.2. The second-order valence-corrected chi connectivity index (χ2v) is 10.3. The summed E-state index contributed by atoms with van der Waals surface area (Å²) in [7, 11) is 2.06. The zero-order valence-corrected chi connectivity index (χ0v) is 26.6. The molecule has 0 bridgehead atoms. The molecular formula is C32H33Cl3N6O3. The van der Waals surface area contributed by atoms with Crippen LogP contribution < -0.4 is 20.1 Å². The number of halogens is 3. The van der Waals surface area contributed by atoms with E-state index in [4.69, 9.17) is 21.1 Å². The number of aromatic nitrogens is 2. The first-order chi connectivity index (χ1) is 20.4. The molecule has 2 aromatic heterocycles. The van der Waals surface area contributed by atoms with Crippen molar-refractivity contribution >= 4 is 70.3 Å². The number of carbonyl (C=O) groups is 1. The maximum absolute atomic E-state index is 12.9. The van der Waals surface area contributed by atoms with Crippen LogP contribution in [0.15, 0.2) is 73.1 Å². The molecule has 1 fully saturated rings. The smallest absolute Gasteiger partial charge is 0.248 e. The van der Waals surface area contributed by atoms with Crippen LogP contribution in [0.3, 0.4) is 0 Å². The van der Waals surface area contributed by atoms with Gasteiger partial charge in [-0.05, 0) is 69.8 Å². The minimum absolute atomic E-state index is 0. The van der Waals surface area contributed by atoms with Crippen LogP contribution in [0.5, 0.6) is 11.5 Å². The van der Waals surface area contributed by atoms with Crippen LogP contribution in [0.25, 0.3) is 10.9 Å². The third-order valence-electron chi connectivity index (χ3n) is 7.00. The van der Waals surface area contributed by atoms with Crippen molar-refractivity contribution in [3.05, 3.63) is 89.4 Å². The van der Waals surface area contributed by atoms with Crippen molar-refractivity contribution in [2.75, 3.05) is 30.8 Å². The van der Waals surface area contributed by atoms with E-state index in [1.54, 1.807) is 36.5 Å². The Balaban J connectivity index is 0.00000264. The quantitative estimate of drug-likeness (QED) is 0.171. The van der Waals surface area contributed by atoms with E-state index in [-0.39, 0.29) is 43.4 Å². The summed E-state index contributed by atoms with van der Waals surface area (Å²) < 4.78 is 11.7. The van der Waals surface area contributed by atoms with Gasteiger partial charge in [0.05, 0.1) is 39.8 Å². The first-order valence-corrected chi connectivity index (χ1v) is 14.1. The van der Waals surface area contributed by atoms with Gasteiger partial charge in [0.1, 0.15) is 24.2 Å². The van der Waals surface area contributed by atoms with Crippen LogP contribution in [-0.4, -0.2) is 47.0 Å². The molecule has 0 unspecified atom stereocenters. The van der Waals surface area contributed by atoms with E-state index in [1.165, 1.54) is 6.20 Å². The Morgan fingerprint density at radius 2 is 2.00 bits per heavy atom. The molecule has 0 spiro atoms. The van der Waals surface area contributed by atoms with Crippen molar-refractivity contribution in [3.8, 4) is 17.6 Å². The number of benzene rings is 2. The van der Waals surface area contributed by atoms with Crippen molar-refractivity contribution in [2.45, 2.75) is 32.4 Å². The van der Waals surface area contributed by atoms with E-state index in [0.717, 1.165) is 25.1 Å². The van der Waals surface area contributed by atoms with Crippen LogP contribution in [0.4, 0.5) is 17.1 Å². The maximum atomic E-state index is 12.9. The predicted octanol–water partition coefficient (Wildman–Crippen LogP) is 7.31. The van der Waals surface area contributed by atoms with Crippen molar-refractivity contribution in [3.63, 3.8) is 0 Å². The van der Waals surface area contributed by atoms with E-state index in [9.17, 15) is 10.1 Å². The Bertz CT molecular complexity index is 1660. The topological polar surface area (TPSA) is 112 Å². The minimum atomic E-state index is -0.261. The largest absolute Gasteiger partial charge is 0.492 e. The Morgan fingerprint density at radius 1 is 1.16 bits per heavy atom. The number of likely N-dealkylation sites (N-methyl/N-ethyl adjacent to an activating group) is 1. The number of fused-ring (bicyclic) bond motifs is 1. The fourth-order valence-electron chi connectivity index (χ4n) is 4.84. The molecule has 9 nitrogen and oxygen atoms in total. The second kappa shape index (κ2) is 16.1. The van der Waals surface area contributed by atoms with Gasteiger partial charge in [0.25, 0.3) is 0 Å². The zero-order chi connectivity index (χ0) is 29.5.